The summed E-state index contributed by atoms with van der Waals surface area (Å²) in [4.78, 5) is 27.1. The molecule has 2 aromatic carbocycles. The molecule has 3 aromatic rings. The summed E-state index contributed by atoms with van der Waals surface area (Å²) >= 11 is 0. The van der Waals surface area contributed by atoms with Gasteiger partial charge in [0.2, 0.25) is 5.91 Å². The normalized spacial score (nSPS) is 16.9. The number of carbonyl (C=O) groups is 1. The quantitative estimate of drug-likeness (QED) is 0.701. The van der Waals surface area contributed by atoms with E-state index in [9.17, 15) is 9.59 Å². The fraction of sp³-hybridized carbons (Fsp3) is 0.348. The molecule has 1 amide bonds. The summed E-state index contributed by atoms with van der Waals surface area (Å²) in [5, 5.41) is 8.40. The van der Waals surface area contributed by atoms with Gasteiger partial charge in [-0.05, 0) is 43.0 Å². The highest BCUT2D eigenvalue weighted by molar-refractivity contribution is 5.81. The first kappa shape index (κ1) is 19.3. The molecule has 1 aromatic heterocycles. The Morgan fingerprint density at radius 3 is 2.83 bits per heavy atom. The van der Waals surface area contributed by atoms with E-state index >= 15 is 0 Å². The zero-order chi connectivity index (χ0) is 20.2. The molecule has 4 rings (SSSR count). The molecule has 1 unspecified atom stereocenters. The summed E-state index contributed by atoms with van der Waals surface area (Å²) in [7, 11) is 0. The van der Waals surface area contributed by atoms with E-state index in [1.54, 1.807) is 12.3 Å². The van der Waals surface area contributed by atoms with Crippen molar-refractivity contribution in [1.82, 2.24) is 20.0 Å². The van der Waals surface area contributed by atoms with Crippen molar-refractivity contribution in [1.29, 1.82) is 0 Å². The zero-order valence-electron chi connectivity index (χ0n) is 16.7. The molecule has 0 aliphatic carbocycles. The number of likely N-dealkylation sites (tertiary alicyclic amines) is 1. The van der Waals surface area contributed by atoms with E-state index in [-0.39, 0.29) is 18.0 Å². The number of nitrogens with one attached hydrogen (secondary N) is 1. The minimum atomic E-state index is -0.237. The highest BCUT2D eigenvalue weighted by atomic mass is 16.2. The van der Waals surface area contributed by atoms with E-state index in [4.69, 9.17) is 0 Å². The van der Waals surface area contributed by atoms with Crippen molar-refractivity contribution in [2.75, 3.05) is 26.2 Å². The number of nitrogens with zero attached hydrogens (tertiary/aromatic N) is 3. The molecule has 0 spiro atoms. The van der Waals surface area contributed by atoms with Gasteiger partial charge in [0.1, 0.15) is 6.54 Å². The fourth-order valence-electron chi connectivity index (χ4n) is 4.12. The lowest BCUT2D eigenvalue weighted by Crippen LogP contribution is -2.37. The first-order valence-electron chi connectivity index (χ1n) is 10.1. The van der Waals surface area contributed by atoms with Crippen molar-refractivity contribution in [2.24, 2.45) is 0 Å². The zero-order valence-corrected chi connectivity index (χ0v) is 16.7. The van der Waals surface area contributed by atoms with Gasteiger partial charge in [-0.1, -0.05) is 42.5 Å². The van der Waals surface area contributed by atoms with Gasteiger partial charge in [0.05, 0.1) is 11.6 Å². The monoisotopic (exact) mass is 390 g/mol. The van der Waals surface area contributed by atoms with Gasteiger partial charge < -0.3 is 10.2 Å². The Labute approximate surface area is 170 Å². The third-order valence-corrected chi connectivity index (χ3v) is 5.71. The van der Waals surface area contributed by atoms with Crippen LogP contribution >= 0.6 is 0 Å². The minimum Gasteiger partial charge on any atom is -0.353 e. The number of aryl methyl sites for hydroxylation is 1. The summed E-state index contributed by atoms with van der Waals surface area (Å²) in [5.74, 6) is 0.372. The molecule has 29 heavy (non-hydrogen) atoms. The van der Waals surface area contributed by atoms with Crippen molar-refractivity contribution in [3.63, 3.8) is 0 Å². The molecule has 1 saturated heterocycles. The average Bonchev–Trinajstić information content (AvgIpc) is 3.19. The molecule has 1 fully saturated rings. The first-order valence-corrected chi connectivity index (χ1v) is 10.1. The third-order valence-electron chi connectivity index (χ3n) is 5.71. The smallest absolute Gasteiger partial charge is 0.275 e. The van der Waals surface area contributed by atoms with Crippen molar-refractivity contribution < 1.29 is 4.79 Å². The maximum Gasteiger partial charge on any atom is 0.275 e. The van der Waals surface area contributed by atoms with E-state index in [2.05, 4.69) is 46.5 Å². The van der Waals surface area contributed by atoms with E-state index in [1.165, 1.54) is 15.8 Å². The topological polar surface area (TPSA) is 67.2 Å². The second-order valence-electron chi connectivity index (χ2n) is 7.69. The van der Waals surface area contributed by atoms with Crippen LogP contribution in [0.5, 0.6) is 0 Å². The lowest BCUT2D eigenvalue weighted by atomic mass is 9.94. The predicted molar refractivity (Wildman–Crippen MR) is 114 cm³/mol. The van der Waals surface area contributed by atoms with E-state index in [0.717, 1.165) is 31.4 Å². The maximum absolute atomic E-state index is 12.5. The number of carbonyl (C=O) groups excluding carboxylic acids is 1. The van der Waals surface area contributed by atoms with Crippen molar-refractivity contribution >= 4 is 16.7 Å². The Balaban J connectivity index is 1.27. The van der Waals surface area contributed by atoms with Crippen LogP contribution in [0, 0.1) is 6.92 Å². The highest BCUT2D eigenvalue weighted by Gasteiger charge is 2.24. The molecule has 0 bridgehead atoms. The largest absolute Gasteiger partial charge is 0.353 e. The van der Waals surface area contributed by atoms with Crippen molar-refractivity contribution in [3.8, 4) is 0 Å². The first-order chi connectivity index (χ1) is 14.1. The Hall–Kier alpha value is -2.99. The summed E-state index contributed by atoms with van der Waals surface area (Å²) < 4.78 is 1.22. The highest BCUT2D eigenvalue weighted by Crippen LogP contribution is 2.28. The van der Waals surface area contributed by atoms with Gasteiger partial charge in [-0.25, -0.2) is 4.68 Å². The molecule has 1 aliphatic rings. The van der Waals surface area contributed by atoms with Crippen LogP contribution in [-0.4, -0.2) is 46.8 Å². The molecule has 2 heterocycles. The number of rotatable bonds is 6. The summed E-state index contributed by atoms with van der Waals surface area (Å²) in [6.45, 7) is 5.55. The summed E-state index contributed by atoms with van der Waals surface area (Å²) in [5.41, 5.74) is 2.54. The molecule has 1 atom stereocenters. The third kappa shape index (κ3) is 4.38. The number of hydrogen-bond acceptors (Lipinski definition) is 4. The van der Waals surface area contributed by atoms with E-state index in [1.807, 2.05) is 18.2 Å². The second-order valence-corrected chi connectivity index (χ2v) is 7.69. The van der Waals surface area contributed by atoms with Gasteiger partial charge in [0.25, 0.3) is 5.56 Å². The van der Waals surface area contributed by atoms with Gasteiger partial charge in [-0.3, -0.25) is 9.59 Å². The minimum absolute atomic E-state index is 0.0600. The number of hydrogen-bond donors (Lipinski definition) is 1. The lowest BCUT2D eigenvalue weighted by molar-refractivity contribution is -0.121. The molecular weight excluding hydrogens is 364 g/mol. The average molecular weight is 390 g/mol. The Morgan fingerprint density at radius 2 is 1.97 bits per heavy atom. The molecule has 1 N–H and O–H groups in total. The van der Waals surface area contributed by atoms with Crippen LogP contribution in [0.25, 0.3) is 10.8 Å². The molecule has 6 heteroatoms. The Kier molecular flexibility index (Phi) is 5.71. The fourth-order valence-corrected chi connectivity index (χ4v) is 4.12. The number of amides is 1. The van der Waals surface area contributed by atoms with Crippen LogP contribution < -0.4 is 10.9 Å². The maximum atomic E-state index is 12.5. The number of fused-ring (bicyclic) bond motifs is 1. The molecule has 1 aliphatic heterocycles. The lowest BCUT2D eigenvalue weighted by Gasteiger charge is -2.17. The van der Waals surface area contributed by atoms with Crippen molar-refractivity contribution in [2.45, 2.75) is 25.8 Å². The van der Waals surface area contributed by atoms with Gasteiger partial charge in [-0.15, -0.1) is 0 Å². The summed E-state index contributed by atoms with van der Waals surface area (Å²) in [6, 6.07) is 15.8. The SMILES string of the molecule is Cc1ccccc1C1CCN(CCNC(=O)Cn2ncc3ccccc3c2=O)C1. The molecule has 6 nitrogen and oxygen atoms in total. The Morgan fingerprint density at radius 1 is 1.17 bits per heavy atom. The number of benzene rings is 2. The standard InChI is InChI=1S/C23H26N4O2/c1-17-6-2-4-8-20(17)19-10-12-26(15-19)13-11-24-22(28)16-27-23(29)21-9-5-3-7-18(21)14-25-27/h2-9,14,19H,10-13,15-16H2,1H3,(H,24,28). The molecule has 150 valence electrons. The van der Waals surface area contributed by atoms with Gasteiger partial charge >= 0.3 is 0 Å². The van der Waals surface area contributed by atoms with Crippen LogP contribution in [0.4, 0.5) is 0 Å². The molecule has 0 radical (unpaired) electrons. The van der Waals surface area contributed by atoms with Gasteiger partial charge in [0.15, 0.2) is 0 Å². The van der Waals surface area contributed by atoms with Crippen LogP contribution in [-0.2, 0) is 11.3 Å². The van der Waals surface area contributed by atoms with Crippen molar-refractivity contribution in [3.05, 3.63) is 76.2 Å². The van der Waals surface area contributed by atoms with Gasteiger partial charge in [0, 0.05) is 25.0 Å². The van der Waals surface area contributed by atoms with Crippen LogP contribution in [0.2, 0.25) is 0 Å². The van der Waals surface area contributed by atoms with Crippen LogP contribution in [0.1, 0.15) is 23.5 Å². The van der Waals surface area contributed by atoms with Gasteiger partial charge in [-0.2, -0.15) is 5.10 Å². The Bertz CT molecular complexity index is 1080. The summed E-state index contributed by atoms with van der Waals surface area (Å²) in [6.07, 6.45) is 2.77. The molecular formula is C23H26N4O2. The van der Waals surface area contributed by atoms with Crippen LogP contribution in [0.15, 0.2) is 59.5 Å². The van der Waals surface area contributed by atoms with Crippen LogP contribution in [0.3, 0.4) is 0 Å². The predicted octanol–water partition coefficient (Wildman–Crippen LogP) is 2.31. The second kappa shape index (κ2) is 8.57. The number of aromatic nitrogens is 2. The van der Waals surface area contributed by atoms with E-state index < -0.39 is 0 Å². The molecule has 0 saturated carbocycles. The van der Waals surface area contributed by atoms with E-state index in [0.29, 0.717) is 17.8 Å².